The fourth-order valence-electron chi connectivity index (χ4n) is 2.43. The van der Waals surface area contributed by atoms with Gasteiger partial charge in [-0.15, -0.1) is 0 Å². The number of aromatic nitrogens is 1. The zero-order valence-electron chi connectivity index (χ0n) is 10.6. The highest BCUT2D eigenvalue weighted by molar-refractivity contribution is 5.80. The Labute approximate surface area is 110 Å². The van der Waals surface area contributed by atoms with Gasteiger partial charge in [0.1, 0.15) is 0 Å². The molecule has 1 aliphatic carbocycles. The first kappa shape index (κ1) is 13.3. The van der Waals surface area contributed by atoms with Gasteiger partial charge in [-0.25, -0.2) is 0 Å². The van der Waals surface area contributed by atoms with E-state index >= 15 is 0 Å². The molecule has 2 N–H and O–H groups in total. The van der Waals surface area contributed by atoms with Crippen LogP contribution in [-0.4, -0.2) is 28.9 Å². The molecule has 0 spiro atoms. The van der Waals surface area contributed by atoms with E-state index in [1.165, 1.54) is 12.3 Å². The molecule has 0 bridgehead atoms. The average Bonchev–Trinajstić information content (AvgIpc) is 2.86. The van der Waals surface area contributed by atoms with Gasteiger partial charge in [-0.3, -0.25) is 4.79 Å². The molecule has 1 aromatic heterocycles. The van der Waals surface area contributed by atoms with E-state index in [9.17, 15) is 14.9 Å². The maximum atomic E-state index is 11.7. The summed E-state index contributed by atoms with van der Waals surface area (Å²) in [6.45, 7) is 0. The topological polar surface area (TPSA) is 97.2 Å². The van der Waals surface area contributed by atoms with E-state index in [0.29, 0.717) is 5.69 Å². The van der Waals surface area contributed by atoms with Crippen molar-refractivity contribution in [3.63, 3.8) is 0 Å². The summed E-state index contributed by atoms with van der Waals surface area (Å²) in [6.07, 6.45) is 4.19. The lowest BCUT2D eigenvalue weighted by molar-refractivity contribution is -0.389. The average molecular weight is 264 g/mol. The van der Waals surface area contributed by atoms with Crippen molar-refractivity contribution in [1.82, 2.24) is 10.3 Å². The second-order valence-corrected chi connectivity index (χ2v) is 4.56. The van der Waals surface area contributed by atoms with Crippen molar-refractivity contribution < 1.29 is 9.72 Å². The number of pyridine rings is 1. The molecule has 0 aromatic carbocycles. The summed E-state index contributed by atoms with van der Waals surface area (Å²) in [6, 6.07) is 3.03. The highest BCUT2D eigenvalue weighted by atomic mass is 16.6. The van der Waals surface area contributed by atoms with E-state index in [0.717, 1.165) is 19.3 Å². The zero-order chi connectivity index (χ0) is 13.8. The summed E-state index contributed by atoms with van der Waals surface area (Å²) in [5.41, 5.74) is 0.700. The number of nitro groups is 1. The van der Waals surface area contributed by atoms with Gasteiger partial charge in [-0.2, -0.15) is 0 Å². The summed E-state index contributed by atoms with van der Waals surface area (Å²) >= 11 is 0. The monoisotopic (exact) mass is 264 g/mol. The van der Waals surface area contributed by atoms with Crippen LogP contribution in [0.25, 0.3) is 0 Å². The number of hydrogen-bond donors (Lipinski definition) is 2. The van der Waals surface area contributed by atoms with E-state index < -0.39 is 4.92 Å². The van der Waals surface area contributed by atoms with Crippen LogP contribution >= 0.6 is 0 Å². The molecule has 1 saturated carbocycles. The Morgan fingerprint density at radius 1 is 1.47 bits per heavy atom. The Morgan fingerprint density at radius 3 is 2.84 bits per heavy atom. The van der Waals surface area contributed by atoms with Gasteiger partial charge in [0.05, 0.1) is 11.6 Å². The molecule has 1 fully saturated rings. The SMILES string of the molecule is CNC(=O)C1CCCC1Nc1ccc([N+](=O)[O-])nc1. The lowest BCUT2D eigenvalue weighted by atomic mass is 10.0. The number of anilines is 1. The van der Waals surface area contributed by atoms with Crippen molar-refractivity contribution in [2.24, 2.45) is 5.92 Å². The van der Waals surface area contributed by atoms with Crippen LogP contribution in [0.4, 0.5) is 11.5 Å². The van der Waals surface area contributed by atoms with E-state index in [4.69, 9.17) is 0 Å². The van der Waals surface area contributed by atoms with Gasteiger partial charge in [-0.05, 0) is 28.8 Å². The molecule has 102 valence electrons. The predicted molar refractivity (Wildman–Crippen MR) is 69.7 cm³/mol. The molecule has 2 atom stereocenters. The number of hydrogen-bond acceptors (Lipinski definition) is 5. The van der Waals surface area contributed by atoms with Crippen LogP contribution in [0.3, 0.4) is 0 Å². The first-order valence-corrected chi connectivity index (χ1v) is 6.20. The van der Waals surface area contributed by atoms with Crippen molar-refractivity contribution in [3.05, 3.63) is 28.4 Å². The number of amides is 1. The predicted octanol–water partition coefficient (Wildman–Crippen LogP) is 1.32. The molecule has 19 heavy (non-hydrogen) atoms. The minimum atomic E-state index is -0.535. The Bertz CT molecular complexity index is 474. The van der Waals surface area contributed by atoms with E-state index in [-0.39, 0.29) is 23.7 Å². The van der Waals surface area contributed by atoms with Gasteiger partial charge in [0.2, 0.25) is 5.91 Å². The van der Waals surface area contributed by atoms with Crippen LogP contribution in [0.1, 0.15) is 19.3 Å². The van der Waals surface area contributed by atoms with Crippen molar-refractivity contribution in [1.29, 1.82) is 0 Å². The molecule has 2 unspecified atom stereocenters. The molecule has 1 amide bonds. The standard InChI is InChI=1S/C12H16N4O3/c1-13-12(17)9-3-2-4-10(9)15-8-5-6-11(14-7-8)16(18)19/h5-7,9-10,15H,2-4H2,1H3,(H,13,17). The Kier molecular flexibility index (Phi) is 3.94. The first-order chi connectivity index (χ1) is 9.11. The molecule has 1 aliphatic rings. The second kappa shape index (κ2) is 5.64. The smallest absolute Gasteiger partial charge is 0.363 e. The highest BCUT2D eigenvalue weighted by Crippen LogP contribution is 2.28. The third kappa shape index (κ3) is 2.98. The molecular formula is C12H16N4O3. The van der Waals surface area contributed by atoms with Gasteiger partial charge in [0.25, 0.3) is 0 Å². The Balaban J connectivity index is 2.04. The largest absolute Gasteiger partial charge is 0.378 e. The van der Waals surface area contributed by atoms with Gasteiger partial charge in [-0.1, -0.05) is 6.42 Å². The molecule has 1 heterocycles. The maximum absolute atomic E-state index is 11.7. The molecule has 7 nitrogen and oxygen atoms in total. The summed E-state index contributed by atoms with van der Waals surface area (Å²) in [5.74, 6) is -0.204. The maximum Gasteiger partial charge on any atom is 0.363 e. The summed E-state index contributed by atoms with van der Waals surface area (Å²) in [5, 5.41) is 16.4. The molecule has 2 rings (SSSR count). The first-order valence-electron chi connectivity index (χ1n) is 6.20. The van der Waals surface area contributed by atoms with Crippen molar-refractivity contribution in [2.45, 2.75) is 25.3 Å². The van der Waals surface area contributed by atoms with Crippen molar-refractivity contribution in [3.8, 4) is 0 Å². The van der Waals surface area contributed by atoms with E-state index in [1.54, 1.807) is 13.1 Å². The zero-order valence-corrected chi connectivity index (χ0v) is 10.6. The van der Waals surface area contributed by atoms with Crippen LogP contribution in [-0.2, 0) is 4.79 Å². The molecule has 0 saturated heterocycles. The van der Waals surface area contributed by atoms with Crippen molar-refractivity contribution in [2.75, 3.05) is 12.4 Å². The molecule has 7 heteroatoms. The summed E-state index contributed by atoms with van der Waals surface area (Å²) < 4.78 is 0. The molecule has 1 aromatic rings. The van der Waals surface area contributed by atoms with Gasteiger partial charge in [0, 0.05) is 19.2 Å². The van der Waals surface area contributed by atoms with Crippen LogP contribution in [0.15, 0.2) is 18.3 Å². The lowest BCUT2D eigenvalue weighted by Crippen LogP contribution is -2.36. The van der Waals surface area contributed by atoms with Crippen LogP contribution < -0.4 is 10.6 Å². The number of nitrogens with zero attached hydrogens (tertiary/aromatic N) is 2. The van der Waals surface area contributed by atoms with Gasteiger partial charge in [0.15, 0.2) is 6.20 Å². The number of nitrogens with one attached hydrogen (secondary N) is 2. The second-order valence-electron chi connectivity index (χ2n) is 4.56. The fourth-order valence-corrected chi connectivity index (χ4v) is 2.43. The quantitative estimate of drug-likeness (QED) is 0.631. The number of carbonyl (C=O) groups excluding carboxylic acids is 1. The van der Waals surface area contributed by atoms with E-state index in [2.05, 4.69) is 15.6 Å². The minimum absolute atomic E-state index is 0.0323. The summed E-state index contributed by atoms with van der Waals surface area (Å²) in [4.78, 5) is 25.4. The minimum Gasteiger partial charge on any atom is -0.378 e. The molecular weight excluding hydrogens is 248 g/mol. The Hall–Kier alpha value is -2.18. The molecule has 0 aliphatic heterocycles. The highest BCUT2D eigenvalue weighted by Gasteiger charge is 2.32. The number of rotatable bonds is 4. The van der Waals surface area contributed by atoms with Gasteiger partial charge >= 0.3 is 5.82 Å². The normalized spacial score (nSPS) is 21.9. The number of carbonyl (C=O) groups is 1. The lowest BCUT2D eigenvalue weighted by Gasteiger charge is -2.19. The Morgan fingerprint density at radius 2 is 2.26 bits per heavy atom. The van der Waals surface area contributed by atoms with E-state index in [1.807, 2.05) is 0 Å². The third-order valence-corrected chi connectivity index (χ3v) is 3.39. The molecule has 0 radical (unpaired) electrons. The third-order valence-electron chi connectivity index (χ3n) is 3.39. The van der Waals surface area contributed by atoms with Gasteiger partial charge < -0.3 is 20.7 Å². The van der Waals surface area contributed by atoms with Crippen LogP contribution in [0.5, 0.6) is 0 Å². The van der Waals surface area contributed by atoms with Crippen LogP contribution in [0.2, 0.25) is 0 Å². The van der Waals surface area contributed by atoms with Crippen LogP contribution in [0, 0.1) is 16.0 Å². The summed E-state index contributed by atoms with van der Waals surface area (Å²) in [7, 11) is 1.63. The fraction of sp³-hybridized carbons (Fsp3) is 0.500. The van der Waals surface area contributed by atoms with Crippen molar-refractivity contribution >= 4 is 17.4 Å².